The van der Waals surface area contributed by atoms with Gasteiger partial charge in [-0.25, -0.2) is 9.97 Å². The van der Waals surface area contributed by atoms with Crippen LogP contribution in [0, 0.1) is 6.92 Å². The number of pyridine rings is 1. The number of aryl methyl sites for hydroxylation is 1. The van der Waals surface area contributed by atoms with Crippen molar-refractivity contribution in [3.8, 4) is 5.75 Å². The third kappa shape index (κ3) is 3.95. The van der Waals surface area contributed by atoms with Crippen LogP contribution in [0.2, 0.25) is 0 Å². The van der Waals surface area contributed by atoms with E-state index in [1.54, 1.807) is 19.5 Å². The van der Waals surface area contributed by atoms with Gasteiger partial charge in [-0.3, -0.25) is 4.98 Å². The maximum Gasteiger partial charge on any atom is 0.159 e. The number of rotatable bonds is 6. The van der Waals surface area contributed by atoms with Gasteiger partial charge in [0.15, 0.2) is 11.6 Å². The van der Waals surface area contributed by atoms with Gasteiger partial charge in [-0.2, -0.15) is 0 Å². The molecule has 7 heteroatoms. The van der Waals surface area contributed by atoms with Crippen LogP contribution in [0.1, 0.15) is 11.1 Å². The van der Waals surface area contributed by atoms with Gasteiger partial charge in [0.05, 0.1) is 12.8 Å². The second kappa shape index (κ2) is 7.48. The molecule has 0 aliphatic rings. The first-order chi connectivity index (χ1) is 12.2. The predicted molar refractivity (Wildman–Crippen MR) is 99.0 cm³/mol. The Kier molecular flexibility index (Phi) is 4.94. The molecule has 0 radical (unpaired) electrons. The molecule has 4 N–H and O–H groups in total. The highest BCUT2D eigenvalue weighted by Crippen LogP contribution is 2.31. The fourth-order valence-corrected chi connectivity index (χ4v) is 2.37. The summed E-state index contributed by atoms with van der Waals surface area (Å²) in [4.78, 5) is 12.5. The third-order valence-electron chi connectivity index (χ3n) is 3.67. The number of ether oxygens (including phenoxy) is 1. The number of nitrogens with one attached hydrogen (secondary N) is 2. The molecule has 0 bridgehead atoms. The molecule has 128 valence electrons. The van der Waals surface area contributed by atoms with Crippen molar-refractivity contribution in [2.45, 2.75) is 13.5 Å². The highest BCUT2D eigenvalue weighted by molar-refractivity contribution is 5.79. The van der Waals surface area contributed by atoms with E-state index in [-0.39, 0.29) is 0 Å². The summed E-state index contributed by atoms with van der Waals surface area (Å²) in [6, 6.07) is 9.72. The average Bonchev–Trinajstić information content (AvgIpc) is 2.63. The van der Waals surface area contributed by atoms with Gasteiger partial charge >= 0.3 is 0 Å². The Morgan fingerprint density at radius 3 is 2.76 bits per heavy atom. The number of nitrogen functional groups attached to an aromatic ring is 1. The number of benzene rings is 1. The first-order valence-corrected chi connectivity index (χ1v) is 7.82. The van der Waals surface area contributed by atoms with E-state index in [1.165, 1.54) is 6.33 Å². The Morgan fingerprint density at radius 2 is 2.00 bits per heavy atom. The van der Waals surface area contributed by atoms with E-state index < -0.39 is 0 Å². The second-order valence-electron chi connectivity index (χ2n) is 5.53. The van der Waals surface area contributed by atoms with Crippen molar-refractivity contribution in [3.05, 3.63) is 60.2 Å². The average molecular weight is 336 g/mol. The maximum atomic E-state index is 6.22. The number of hydrogen-bond acceptors (Lipinski definition) is 7. The van der Waals surface area contributed by atoms with Crippen molar-refractivity contribution >= 4 is 23.0 Å². The first kappa shape index (κ1) is 16.5. The highest BCUT2D eigenvalue weighted by atomic mass is 16.5. The van der Waals surface area contributed by atoms with Crippen LogP contribution < -0.4 is 21.1 Å². The molecule has 0 saturated heterocycles. The largest absolute Gasteiger partial charge is 0.495 e. The molecule has 3 rings (SSSR count). The Hall–Kier alpha value is -3.35. The minimum Gasteiger partial charge on any atom is -0.495 e. The van der Waals surface area contributed by atoms with Crippen LogP contribution in [-0.2, 0) is 6.54 Å². The van der Waals surface area contributed by atoms with E-state index in [4.69, 9.17) is 10.5 Å². The van der Waals surface area contributed by atoms with Gasteiger partial charge in [-0.05, 0) is 36.2 Å². The standard InChI is InChI=1S/C18H20N6O/c1-12-5-6-15(25-2)14(8-12)24-18-16(19)17(22-11-23-18)21-10-13-4-3-7-20-9-13/h3-9,11H,10,19H2,1-2H3,(H2,21,22,23,24). The predicted octanol–water partition coefficient (Wildman–Crippen LogP) is 3.13. The molecule has 0 aliphatic carbocycles. The van der Waals surface area contributed by atoms with Gasteiger partial charge in [-0.1, -0.05) is 12.1 Å². The molecule has 7 nitrogen and oxygen atoms in total. The fourth-order valence-electron chi connectivity index (χ4n) is 2.37. The monoisotopic (exact) mass is 336 g/mol. The molecule has 0 fully saturated rings. The molecule has 2 aromatic heterocycles. The zero-order valence-electron chi connectivity index (χ0n) is 14.2. The lowest BCUT2D eigenvalue weighted by molar-refractivity contribution is 0.416. The summed E-state index contributed by atoms with van der Waals surface area (Å²) in [6.45, 7) is 2.58. The summed E-state index contributed by atoms with van der Waals surface area (Å²) in [7, 11) is 1.63. The molecule has 3 aromatic rings. The summed E-state index contributed by atoms with van der Waals surface area (Å²) in [5, 5.41) is 6.43. The molecule has 0 amide bonds. The lowest BCUT2D eigenvalue weighted by Crippen LogP contribution is -2.08. The van der Waals surface area contributed by atoms with Crippen LogP contribution in [0.15, 0.2) is 49.1 Å². The zero-order valence-corrected chi connectivity index (χ0v) is 14.2. The summed E-state index contributed by atoms with van der Waals surface area (Å²) in [5.74, 6) is 1.80. The first-order valence-electron chi connectivity index (χ1n) is 7.82. The van der Waals surface area contributed by atoms with Crippen LogP contribution in [0.5, 0.6) is 5.75 Å². The van der Waals surface area contributed by atoms with Crippen molar-refractivity contribution in [1.29, 1.82) is 0 Å². The second-order valence-corrected chi connectivity index (χ2v) is 5.53. The summed E-state index contributed by atoms with van der Waals surface area (Å²) in [6.07, 6.45) is 4.99. The highest BCUT2D eigenvalue weighted by Gasteiger charge is 2.11. The number of nitrogens with two attached hydrogens (primary N) is 1. The molecular weight excluding hydrogens is 316 g/mol. The maximum absolute atomic E-state index is 6.22. The minimum absolute atomic E-state index is 0.440. The summed E-state index contributed by atoms with van der Waals surface area (Å²) in [5.41, 5.74) is 9.60. The Labute approximate surface area is 146 Å². The quantitative estimate of drug-likeness (QED) is 0.636. The van der Waals surface area contributed by atoms with E-state index >= 15 is 0 Å². The number of nitrogens with zero attached hydrogens (tertiary/aromatic N) is 3. The van der Waals surface area contributed by atoms with Gasteiger partial charge in [0.2, 0.25) is 0 Å². The molecule has 25 heavy (non-hydrogen) atoms. The normalized spacial score (nSPS) is 10.3. The van der Waals surface area contributed by atoms with Crippen molar-refractivity contribution in [1.82, 2.24) is 15.0 Å². The van der Waals surface area contributed by atoms with E-state index in [0.29, 0.717) is 29.6 Å². The number of aromatic nitrogens is 3. The Morgan fingerprint density at radius 1 is 1.16 bits per heavy atom. The lowest BCUT2D eigenvalue weighted by Gasteiger charge is -2.15. The number of methoxy groups -OCH3 is 1. The van der Waals surface area contributed by atoms with Crippen LogP contribution in [0.3, 0.4) is 0 Å². The minimum atomic E-state index is 0.440. The Balaban J connectivity index is 1.80. The van der Waals surface area contributed by atoms with Crippen molar-refractivity contribution in [2.24, 2.45) is 0 Å². The SMILES string of the molecule is COc1ccc(C)cc1Nc1ncnc(NCc2cccnc2)c1N. The molecule has 0 atom stereocenters. The molecule has 0 aliphatic heterocycles. The molecule has 2 heterocycles. The van der Waals surface area contributed by atoms with Gasteiger partial charge in [0.25, 0.3) is 0 Å². The van der Waals surface area contributed by atoms with Crippen molar-refractivity contribution in [2.75, 3.05) is 23.5 Å². The van der Waals surface area contributed by atoms with Crippen molar-refractivity contribution in [3.63, 3.8) is 0 Å². The molecule has 0 spiro atoms. The van der Waals surface area contributed by atoms with E-state index in [1.807, 2.05) is 37.3 Å². The van der Waals surface area contributed by atoms with Crippen LogP contribution in [0.25, 0.3) is 0 Å². The van der Waals surface area contributed by atoms with E-state index in [9.17, 15) is 0 Å². The van der Waals surface area contributed by atoms with E-state index in [2.05, 4.69) is 25.6 Å². The molecule has 0 unspecified atom stereocenters. The summed E-state index contributed by atoms with van der Waals surface area (Å²) < 4.78 is 5.38. The van der Waals surface area contributed by atoms with Gasteiger partial charge in [0, 0.05) is 18.9 Å². The number of hydrogen-bond donors (Lipinski definition) is 3. The van der Waals surface area contributed by atoms with Crippen LogP contribution >= 0.6 is 0 Å². The lowest BCUT2D eigenvalue weighted by atomic mass is 10.2. The molecule has 1 aromatic carbocycles. The van der Waals surface area contributed by atoms with Gasteiger partial charge < -0.3 is 21.1 Å². The molecular formula is C18H20N6O. The number of anilines is 4. The third-order valence-corrected chi connectivity index (χ3v) is 3.67. The Bertz CT molecular complexity index is 853. The smallest absolute Gasteiger partial charge is 0.159 e. The summed E-state index contributed by atoms with van der Waals surface area (Å²) >= 11 is 0. The van der Waals surface area contributed by atoms with Crippen molar-refractivity contribution < 1.29 is 4.74 Å². The topological polar surface area (TPSA) is 98.0 Å². The fraction of sp³-hybridized carbons (Fsp3) is 0.167. The van der Waals surface area contributed by atoms with Crippen LogP contribution in [-0.4, -0.2) is 22.1 Å². The van der Waals surface area contributed by atoms with E-state index in [0.717, 1.165) is 16.8 Å². The van der Waals surface area contributed by atoms with Gasteiger partial charge in [-0.15, -0.1) is 0 Å². The van der Waals surface area contributed by atoms with Crippen LogP contribution in [0.4, 0.5) is 23.0 Å². The zero-order chi connectivity index (χ0) is 17.6. The van der Waals surface area contributed by atoms with Gasteiger partial charge in [0.1, 0.15) is 17.8 Å². The molecule has 0 saturated carbocycles.